The number of halogens is 5. The molecule has 1 aromatic heterocycles. The molecule has 8 heteroatoms. The van der Waals surface area contributed by atoms with Crippen LogP contribution in [0.1, 0.15) is 25.0 Å². The molecule has 0 fully saturated rings. The van der Waals surface area contributed by atoms with Gasteiger partial charge < -0.3 is 4.57 Å². The normalized spacial score (nSPS) is 12.4. The predicted octanol–water partition coefficient (Wildman–Crippen LogP) is 2.78. The van der Waals surface area contributed by atoms with Gasteiger partial charge in [-0.3, -0.25) is 0 Å². The maximum atomic E-state index is 13.1. The average Bonchev–Trinajstić information content (AvgIpc) is 2.61. The van der Waals surface area contributed by atoms with E-state index in [0.717, 1.165) is 4.57 Å². The molecule has 1 rings (SSSR count). The van der Waals surface area contributed by atoms with Crippen molar-refractivity contribution < 1.29 is 17.6 Å². The molecule has 0 aliphatic carbocycles. The number of hydrogen-bond donors (Lipinski definition) is 0. The third kappa shape index (κ3) is 2.28. The lowest BCUT2D eigenvalue weighted by molar-refractivity contribution is -0.143. The summed E-state index contributed by atoms with van der Waals surface area (Å²) < 4.78 is 51.5. The predicted molar refractivity (Wildman–Crippen MR) is 49.8 cm³/mol. The Morgan fingerprint density at radius 3 is 2.44 bits per heavy atom. The lowest BCUT2D eigenvalue weighted by atomic mass is 10.3. The molecule has 0 amide bonds. The maximum Gasteiger partial charge on any atom is 0.365 e. The van der Waals surface area contributed by atoms with Crippen LogP contribution in [0.3, 0.4) is 0 Å². The molecule has 0 unspecified atom stereocenters. The van der Waals surface area contributed by atoms with Gasteiger partial charge in [0.1, 0.15) is 5.82 Å². The van der Waals surface area contributed by atoms with Gasteiger partial charge >= 0.3 is 12.3 Å². The molecule has 0 saturated heterocycles. The minimum atomic E-state index is -4.30. The Morgan fingerprint density at radius 1 is 1.38 bits per heavy atom. The van der Waals surface area contributed by atoms with Crippen LogP contribution >= 0.6 is 11.6 Å². The van der Waals surface area contributed by atoms with Gasteiger partial charge in [0.15, 0.2) is 0 Å². The fourth-order valence-corrected chi connectivity index (χ4v) is 1.43. The summed E-state index contributed by atoms with van der Waals surface area (Å²) in [7, 11) is 0. The summed E-state index contributed by atoms with van der Waals surface area (Å²) in [5.74, 6) is -5.41. The van der Waals surface area contributed by atoms with Crippen molar-refractivity contribution in [3.05, 3.63) is 11.6 Å². The van der Waals surface area contributed by atoms with Crippen LogP contribution in [-0.2, 0) is 18.3 Å². The maximum absolute atomic E-state index is 13.1. The van der Waals surface area contributed by atoms with Crippen LogP contribution in [0.15, 0.2) is 0 Å². The van der Waals surface area contributed by atoms with E-state index in [9.17, 15) is 17.6 Å². The Balaban J connectivity index is 3.17. The highest BCUT2D eigenvalue weighted by Gasteiger charge is 2.47. The molecule has 3 nitrogen and oxygen atoms in total. The van der Waals surface area contributed by atoms with Crippen molar-refractivity contribution >= 4 is 11.6 Å². The zero-order valence-corrected chi connectivity index (χ0v) is 9.19. The molecular weight excluding hydrogens is 250 g/mol. The van der Waals surface area contributed by atoms with E-state index < -0.39 is 18.2 Å². The van der Waals surface area contributed by atoms with Gasteiger partial charge in [0.2, 0.25) is 5.82 Å². The molecule has 0 saturated carbocycles. The second-order valence-electron chi connectivity index (χ2n) is 3.15. The molecule has 0 spiro atoms. The van der Waals surface area contributed by atoms with E-state index in [4.69, 9.17) is 11.6 Å². The summed E-state index contributed by atoms with van der Waals surface area (Å²) >= 11 is 5.46. The molecule has 0 radical (unpaired) electrons. The lowest BCUT2D eigenvalue weighted by Crippen LogP contribution is -2.28. The highest BCUT2D eigenvalue weighted by Crippen LogP contribution is 2.33. The summed E-state index contributed by atoms with van der Waals surface area (Å²) in [6.07, 6.45) is -3.32. The van der Waals surface area contributed by atoms with E-state index in [0.29, 0.717) is 6.42 Å². The number of rotatable bonds is 5. The van der Waals surface area contributed by atoms with Crippen LogP contribution in [0.5, 0.6) is 0 Å². The third-order valence-electron chi connectivity index (χ3n) is 1.97. The molecule has 0 bridgehead atoms. The summed E-state index contributed by atoms with van der Waals surface area (Å²) in [6.45, 7) is 1.86. The van der Waals surface area contributed by atoms with Gasteiger partial charge in [-0.2, -0.15) is 8.78 Å². The Kier molecular flexibility index (Phi) is 4.12. The molecule has 0 aliphatic rings. The summed E-state index contributed by atoms with van der Waals surface area (Å²) in [6, 6.07) is 0. The van der Waals surface area contributed by atoms with E-state index in [-0.39, 0.29) is 18.2 Å². The quantitative estimate of drug-likeness (QED) is 0.601. The molecule has 1 aromatic rings. The zero-order chi connectivity index (χ0) is 12.3. The first kappa shape index (κ1) is 13.2. The molecule has 16 heavy (non-hydrogen) atoms. The first-order chi connectivity index (χ1) is 7.45. The summed E-state index contributed by atoms with van der Waals surface area (Å²) in [5, 5.41) is 6.47. The van der Waals surface area contributed by atoms with Crippen molar-refractivity contribution in [2.24, 2.45) is 0 Å². The second-order valence-corrected chi connectivity index (χ2v) is 3.42. The van der Waals surface area contributed by atoms with Gasteiger partial charge in [-0.05, 0) is 6.42 Å². The Hall–Kier alpha value is -0.850. The Morgan fingerprint density at radius 2 is 2.00 bits per heavy atom. The van der Waals surface area contributed by atoms with Crippen molar-refractivity contribution in [3.63, 3.8) is 0 Å². The van der Waals surface area contributed by atoms with Crippen LogP contribution in [-0.4, -0.2) is 21.2 Å². The van der Waals surface area contributed by atoms with Gasteiger partial charge in [0.25, 0.3) is 0 Å². The molecule has 0 atom stereocenters. The smallest absolute Gasteiger partial charge is 0.309 e. The zero-order valence-electron chi connectivity index (χ0n) is 8.43. The molecule has 0 N–H and O–H groups in total. The average molecular weight is 260 g/mol. The van der Waals surface area contributed by atoms with Crippen LogP contribution in [0, 0.1) is 0 Å². The van der Waals surface area contributed by atoms with Crippen molar-refractivity contribution in [3.8, 4) is 0 Å². The highest BCUT2D eigenvalue weighted by molar-refractivity contribution is 6.16. The number of alkyl halides is 5. The van der Waals surface area contributed by atoms with E-state index in [1.54, 1.807) is 6.92 Å². The first-order valence-electron chi connectivity index (χ1n) is 4.59. The number of nitrogens with zero attached hydrogens (tertiary/aromatic N) is 3. The third-order valence-corrected chi connectivity index (χ3v) is 2.21. The SMILES string of the molecule is CCCn1c(CCl)nnc1C(F)(F)C(F)F. The molecule has 92 valence electrons. The Bertz CT molecular complexity index is 353. The van der Waals surface area contributed by atoms with E-state index in [1.807, 2.05) is 0 Å². The number of aromatic nitrogens is 3. The van der Waals surface area contributed by atoms with Gasteiger partial charge in [0.05, 0.1) is 5.88 Å². The fourth-order valence-electron chi connectivity index (χ4n) is 1.24. The van der Waals surface area contributed by atoms with Crippen LogP contribution in [0.25, 0.3) is 0 Å². The first-order valence-corrected chi connectivity index (χ1v) is 5.13. The van der Waals surface area contributed by atoms with Crippen molar-refractivity contribution in [1.82, 2.24) is 14.8 Å². The monoisotopic (exact) mass is 259 g/mol. The van der Waals surface area contributed by atoms with E-state index in [1.165, 1.54) is 0 Å². The standard InChI is InChI=1S/C8H10ClF4N3/c1-2-3-16-5(4-9)14-15-7(16)8(12,13)6(10)11/h6H,2-4H2,1H3. The molecular formula is C8H10ClF4N3. The van der Waals surface area contributed by atoms with Gasteiger partial charge in [0, 0.05) is 6.54 Å². The van der Waals surface area contributed by atoms with Crippen LogP contribution in [0.4, 0.5) is 17.6 Å². The molecule has 0 aliphatic heterocycles. The summed E-state index contributed by atoms with van der Waals surface area (Å²) in [5.41, 5.74) is 0. The highest BCUT2D eigenvalue weighted by atomic mass is 35.5. The van der Waals surface area contributed by atoms with Gasteiger partial charge in [-0.1, -0.05) is 6.92 Å². The van der Waals surface area contributed by atoms with Gasteiger partial charge in [-0.15, -0.1) is 21.8 Å². The molecule has 0 aromatic carbocycles. The topological polar surface area (TPSA) is 30.7 Å². The van der Waals surface area contributed by atoms with E-state index >= 15 is 0 Å². The Labute approximate surface area is 94.4 Å². The number of hydrogen-bond acceptors (Lipinski definition) is 2. The van der Waals surface area contributed by atoms with E-state index in [2.05, 4.69) is 10.2 Å². The van der Waals surface area contributed by atoms with Crippen LogP contribution in [0.2, 0.25) is 0 Å². The largest absolute Gasteiger partial charge is 0.365 e. The van der Waals surface area contributed by atoms with Crippen molar-refractivity contribution in [2.45, 2.75) is 38.1 Å². The second kappa shape index (κ2) is 4.99. The van der Waals surface area contributed by atoms with Crippen molar-refractivity contribution in [1.29, 1.82) is 0 Å². The minimum Gasteiger partial charge on any atom is -0.309 e. The van der Waals surface area contributed by atoms with Crippen LogP contribution < -0.4 is 0 Å². The minimum absolute atomic E-state index is 0.0684. The van der Waals surface area contributed by atoms with Crippen molar-refractivity contribution in [2.75, 3.05) is 0 Å². The molecule has 1 heterocycles. The lowest BCUT2D eigenvalue weighted by Gasteiger charge is -2.16. The summed E-state index contributed by atoms with van der Waals surface area (Å²) in [4.78, 5) is 0. The fraction of sp³-hybridized carbons (Fsp3) is 0.750. The van der Waals surface area contributed by atoms with Gasteiger partial charge in [-0.25, -0.2) is 8.78 Å².